The van der Waals surface area contributed by atoms with Crippen molar-refractivity contribution in [3.8, 4) is 5.75 Å². The minimum Gasteiger partial charge on any atom is -0.491 e. The zero-order chi connectivity index (χ0) is 25.1. The number of pyridine rings is 1. The summed E-state index contributed by atoms with van der Waals surface area (Å²) in [5.74, 6) is 0.422. The van der Waals surface area contributed by atoms with E-state index >= 15 is 0 Å². The highest BCUT2D eigenvalue weighted by atomic mass is 32.2. The highest BCUT2D eigenvalue weighted by Gasteiger charge is 2.07. The van der Waals surface area contributed by atoms with E-state index in [0.717, 1.165) is 29.6 Å². The monoisotopic (exact) mass is 498 g/mol. The predicted molar refractivity (Wildman–Crippen MR) is 136 cm³/mol. The molecule has 186 valence electrons. The van der Waals surface area contributed by atoms with Gasteiger partial charge in [-0.2, -0.15) is 0 Å². The van der Waals surface area contributed by atoms with Crippen molar-refractivity contribution in [2.75, 3.05) is 36.0 Å². The molecule has 0 aliphatic rings. The quantitative estimate of drug-likeness (QED) is 0.266. The summed E-state index contributed by atoms with van der Waals surface area (Å²) >= 11 is 0. The van der Waals surface area contributed by atoms with Crippen molar-refractivity contribution < 1.29 is 23.1 Å². The maximum Gasteiger partial charge on any atom is 0.230 e. The molecule has 1 amide bonds. The topological polar surface area (TPSA) is 130 Å². The largest absolute Gasteiger partial charge is 0.491 e. The van der Waals surface area contributed by atoms with Crippen molar-refractivity contribution in [1.82, 2.24) is 10.3 Å². The van der Waals surface area contributed by atoms with Gasteiger partial charge in [-0.05, 0) is 67.1 Å². The van der Waals surface area contributed by atoms with E-state index < -0.39 is 16.1 Å². The molecule has 35 heavy (non-hydrogen) atoms. The van der Waals surface area contributed by atoms with Crippen LogP contribution in [-0.2, 0) is 27.7 Å². The number of aromatic nitrogens is 1. The van der Waals surface area contributed by atoms with Crippen LogP contribution in [0.2, 0.25) is 0 Å². The lowest BCUT2D eigenvalue weighted by atomic mass is 10.1. The van der Waals surface area contributed by atoms with Crippen LogP contribution in [0.25, 0.3) is 0 Å². The van der Waals surface area contributed by atoms with Gasteiger partial charge in [-0.1, -0.05) is 18.2 Å². The number of aliphatic hydroxyl groups is 1. The van der Waals surface area contributed by atoms with Gasteiger partial charge >= 0.3 is 0 Å². The second-order valence-corrected chi connectivity index (χ2v) is 9.81. The summed E-state index contributed by atoms with van der Waals surface area (Å²) in [6, 6.07) is 19.6. The van der Waals surface area contributed by atoms with Crippen molar-refractivity contribution in [3.05, 3.63) is 84.2 Å². The first-order chi connectivity index (χ1) is 16.8. The van der Waals surface area contributed by atoms with Crippen LogP contribution in [0.3, 0.4) is 0 Å². The molecular weight excluding hydrogens is 468 g/mol. The summed E-state index contributed by atoms with van der Waals surface area (Å²) < 4.78 is 30.4. The predicted octanol–water partition coefficient (Wildman–Crippen LogP) is 2.21. The molecule has 1 atom stereocenters. The zero-order valence-corrected chi connectivity index (χ0v) is 20.3. The molecule has 2 aromatic carbocycles. The van der Waals surface area contributed by atoms with Crippen molar-refractivity contribution in [2.24, 2.45) is 0 Å². The number of carbonyl (C=O) groups excluding carboxylic acids is 1. The van der Waals surface area contributed by atoms with Crippen LogP contribution < -0.4 is 20.1 Å². The van der Waals surface area contributed by atoms with Gasteiger partial charge in [-0.15, -0.1) is 0 Å². The Bertz CT molecular complexity index is 1170. The molecule has 0 spiro atoms. The molecule has 0 aliphatic carbocycles. The first kappa shape index (κ1) is 26.1. The van der Waals surface area contributed by atoms with Gasteiger partial charge in [0.05, 0.1) is 12.7 Å². The Hall–Kier alpha value is -3.47. The minimum absolute atomic E-state index is 0.110. The lowest BCUT2D eigenvalue weighted by molar-refractivity contribution is -0.115. The average Bonchev–Trinajstić information content (AvgIpc) is 2.82. The SMILES string of the molecule is CS(=O)(=O)Nc1ccc(OC[C@@H](O)CNCCc2ccc(NC(=O)Cc3ccccn3)cc2)cc1. The van der Waals surface area contributed by atoms with Gasteiger partial charge in [0.15, 0.2) is 0 Å². The normalized spacial score (nSPS) is 12.1. The van der Waals surface area contributed by atoms with E-state index in [9.17, 15) is 18.3 Å². The standard InChI is InChI=1S/C25H30N4O5S/c1-35(32,33)29-21-9-11-24(12-10-21)34-18-23(30)17-26-15-13-19-5-7-20(8-6-19)28-25(31)16-22-4-2-3-14-27-22/h2-12,14,23,26,29-30H,13,15-18H2,1H3,(H,28,31)/t23-/m0/s1. The third kappa shape index (κ3) is 10.1. The summed E-state index contributed by atoms with van der Waals surface area (Å²) in [5, 5.41) is 16.2. The molecule has 1 aromatic heterocycles. The van der Waals surface area contributed by atoms with Crippen LogP contribution in [0.15, 0.2) is 72.9 Å². The fraction of sp³-hybridized carbons (Fsp3) is 0.280. The van der Waals surface area contributed by atoms with Crippen molar-refractivity contribution >= 4 is 27.3 Å². The van der Waals surface area contributed by atoms with E-state index in [4.69, 9.17) is 4.74 Å². The number of amides is 1. The number of ether oxygens (including phenoxy) is 1. The number of sulfonamides is 1. The summed E-state index contributed by atoms with van der Waals surface area (Å²) in [7, 11) is -3.32. The van der Waals surface area contributed by atoms with E-state index in [1.807, 2.05) is 42.5 Å². The molecule has 0 fully saturated rings. The van der Waals surface area contributed by atoms with E-state index in [2.05, 4.69) is 20.3 Å². The Morgan fingerprint density at radius 3 is 2.40 bits per heavy atom. The third-order valence-electron chi connectivity index (χ3n) is 4.88. The molecule has 1 heterocycles. The molecular formula is C25H30N4O5S. The molecule has 9 nitrogen and oxygen atoms in total. The highest BCUT2D eigenvalue weighted by molar-refractivity contribution is 7.92. The Labute approximate surface area is 205 Å². The van der Waals surface area contributed by atoms with Gasteiger partial charge in [0.25, 0.3) is 0 Å². The van der Waals surface area contributed by atoms with Crippen LogP contribution >= 0.6 is 0 Å². The number of aliphatic hydroxyl groups excluding tert-OH is 1. The van der Waals surface area contributed by atoms with Gasteiger partial charge in [0.2, 0.25) is 15.9 Å². The number of anilines is 2. The van der Waals surface area contributed by atoms with E-state index in [1.54, 1.807) is 30.5 Å². The molecule has 0 radical (unpaired) electrons. The smallest absolute Gasteiger partial charge is 0.230 e. The van der Waals surface area contributed by atoms with Gasteiger partial charge in [0.1, 0.15) is 18.5 Å². The van der Waals surface area contributed by atoms with Gasteiger partial charge in [-0.3, -0.25) is 14.5 Å². The second kappa shape index (κ2) is 12.8. The lowest BCUT2D eigenvalue weighted by Crippen LogP contribution is -2.32. The third-order valence-corrected chi connectivity index (χ3v) is 5.48. The Balaban J connectivity index is 1.31. The van der Waals surface area contributed by atoms with Crippen LogP contribution in [0.5, 0.6) is 5.75 Å². The summed E-state index contributed by atoms with van der Waals surface area (Å²) in [6.07, 6.45) is 3.05. The first-order valence-electron chi connectivity index (χ1n) is 11.1. The number of benzene rings is 2. The molecule has 3 rings (SSSR count). The van der Waals surface area contributed by atoms with Gasteiger partial charge in [-0.25, -0.2) is 8.42 Å². The molecule has 0 saturated carbocycles. The van der Waals surface area contributed by atoms with Crippen LogP contribution in [0.1, 0.15) is 11.3 Å². The maximum atomic E-state index is 12.1. The number of carbonyl (C=O) groups is 1. The second-order valence-electron chi connectivity index (χ2n) is 8.06. The number of hydrogen-bond donors (Lipinski definition) is 4. The van der Waals surface area contributed by atoms with Crippen LogP contribution in [0, 0.1) is 0 Å². The number of nitrogens with one attached hydrogen (secondary N) is 3. The van der Waals surface area contributed by atoms with Crippen molar-refractivity contribution in [1.29, 1.82) is 0 Å². The van der Waals surface area contributed by atoms with Crippen LogP contribution in [-0.4, -0.2) is 56.5 Å². The summed E-state index contributed by atoms with van der Waals surface area (Å²) in [4.78, 5) is 16.3. The number of nitrogens with zero attached hydrogens (tertiary/aromatic N) is 1. The number of hydrogen-bond acceptors (Lipinski definition) is 7. The molecule has 0 bridgehead atoms. The van der Waals surface area contributed by atoms with Crippen LogP contribution in [0.4, 0.5) is 11.4 Å². The lowest BCUT2D eigenvalue weighted by Gasteiger charge is -2.14. The Morgan fingerprint density at radius 2 is 1.74 bits per heavy atom. The maximum absolute atomic E-state index is 12.1. The molecule has 3 aromatic rings. The summed E-state index contributed by atoms with van der Waals surface area (Å²) in [6.45, 7) is 1.16. The molecule has 0 saturated heterocycles. The Morgan fingerprint density at radius 1 is 1.03 bits per heavy atom. The van der Waals surface area contributed by atoms with E-state index in [-0.39, 0.29) is 18.9 Å². The first-order valence-corrected chi connectivity index (χ1v) is 13.0. The zero-order valence-electron chi connectivity index (χ0n) is 19.5. The average molecular weight is 499 g/mol. The molecule has 0 aliphatic heterocycles. The van der Waals surface area contributed by atoms with Crippen molar-refractivity contribution in [2.45, 2.75) is 18.9 Å². The minimum atomic E-state index is -3.32. The molecule has 0 unspecified atom stereocenters. The van der Waals surface area contributed by atoms with E-state index in [1.165, 1.54) is 0 Å². The summed E-state index contributed by atoms with van der Waals surface area (Å²) in [5.41, 5.74) is 3.01. The molecule has 10 heteroatoms. The number of rotatable bonds is 13. The van der Waals surface area contributed by atoms with Gasteiger partial charge < -0.3 is 20.5 Å². The van der Waals surface area contributed by atoms with E-state index in [0.29, 0.717) is 24.5 Å². The fourth-order valence-corrected chi connectivity index (χ4v) is 3.78. The van der Waals surface area contributed by atoms with Crippen molar-refractivity contribution in [3.63, 3.8) is 0 Å². The van der Waals surface area contributed by atoms with Gasteiger partial charge in [0, 0.05) is 29.8 Å². The molecule has 4 N–H and O–H groups in total. The Kier molecular flexibility index (Phi) is 9.59. The highest BCUT2D eigenvalue weighted by Crippen LogP contribution is 2.16. The fourth-order valence-electron chi connectivity index (χ4n) is 3.21.